The maximum Gasteiger partial charge on any atom is 0.311 e. The molecule has 3 heteroatoms. The lowest BCUT2D eigenvalue weighted by Gasteiger charge is -2.08. The van der Waals surface area contributed by atoms with Gasteiger partial charge < -0.3 is 4.74 Å². The van der Waals surface area contributed by atoms with Crippen LogP contribution in [-0.2, 0) is 4.79 Å². The highest BCUT2D eigenvalue weighted by Crippen LogP contribution is 2.28. The molecule has 0 saturated heterocycles. The van der Waals surface area contributed by atoms with Crippen molar-refractivity contribution in [1.82, 2.24) is 0 Å². The van der Waals surface area contributed by atoms with E-state index in [4.69, 9.17) is 4.74 Å². The Hall–Kier alpha value is -1.87. The quantitative estimate of drug-likeness (QED) is 0.179. The topological polar surface area (TPSA) is 26.3 Å². The van der Waals surface area contributed by atoms with Crippen molar-refractivity contribution in [3.8, 4) is 5.75 Å². The predicted octanol–water partition coefficient (Wildman–Crippen LogP) is 5.85. The maximum absolute atomic E-state index is 11.9. The minimum absolute atomic E-state index is 0.154. The van der Waals surface area contributed by atoms with E-state index in [1.54, 1.807) is 0 Å². The van der Waals surface area contributed by atoms with Gasteiger partial charge in [0.15, 0.2) is 0 Å². The maximum atomic E-state index is 11.9. The fraction of sp³-hybridized carbons (Fsp3) is 0.250. The first-order valence-electron chi connectivity index (χ1n) is 7.96. The largest absolute Gasteiger partial charge is 0.427 e. The number of fused-ring (bicyclic) bond motifs is 3. The smallest absolute Gasteiger partial charge is 0.311 e. The fourth-order valence-electron chi connectivity index (χ4n) is 2.77. The minimum Gasteiger partial charge on any atom is -0.427 e. The van der Waals surface area contributed by atoms with Crippen molar-refractivity contribution >= 4 is 43.4 Å². The molecule has 118 valence electrons. The monoisotopic (exact) mass is 370 g/mol. The van der Waals surface area contributed by atoms with E-state index in [0.717, 1.165) is 35.4 Å². The average molecular weight is 371 g/mol. The summed E-state index contributed by atoms with van der Waals surface area (Å²) in [4.78, 5) is 11.9. The van der Waals surface area contributed by atoms with Crippen molar-refractivity contribution in [2.45, 2.75) is 25.7 Å². The van der Waals surface area contributed by atoms with E-state index in [0.29, 0.717) is 12.2 Å². The molecule has 0 radical (unpaired) electrons. The first kappa shape index (κ1) is 16.0. The molecule has 0 amide bonds. The van der Waals surface area contributed by atoms with Gasteiger partial charge in [-0.1, -0.05) is 64.8 Å². The molecule has 0 saturated carbocycles. The Labute approximate surface area is 144 Å². The summed E-state index contributed by atoms with van der Waals surface area (Å²) in [6.45, 7) is 0. The number of benzene rings is 3. The van der Waals surface area contributed by atoms with Crippen LogP contribution in [-0.4, -0.2) is 11.3 Å². The molecule has 0 unspecified atom stereocenters. The van der Waals surface area contributed by atoms with Crippen molar-refractivity contribution in [3.63, 3.8) is 0 Å². The number of halogens is 1. The zero-order valence-corrected chi connectivity index (χ0v) is 14.5. The van der Waals surface area contributed by atoms with Crippen LogP contribution in [0.15, 0.2) is 54.6 Å². The molecule has 0 bridgehead atoms. The molecular weight excluding hydrogens is 352 g/mol. The Morgan fingerprint density at radius 3 is 2.43 bits per heavy atom. The van der Waals surface area contributed by atoms with Crippen molar-refractivity contribution in [2.24, 2.45) is 0 Å². The lowest BCUT2D eigenvalue weighted by atomic mass is 10.0. The van der Waals surface area contributed by atoms with Gasteiger partial charge in [-0.15, -0.1) is 0 Å². The number of ether oxygens (including phenoxy) is 1. The number of carbonyl (C=O) groups is 1. The van der Waals surface area contributed by atoms with Gasteiger partial charge in [0.25, 0.3) is 0 Å². The van der Waals surface area contributed by atoms with Crippen LogP contribution in [0.4, 0.5) is 0 Å². The third-order valence-electron chi connectivity index (χ3n) is 3.96. The normalized spacial score (nSPS) is 11.0. The van der Waals surface area contributed by atoms with Crippen LogP contribution in [0.3, 0.4) is 0 Å². The number of carbonyl (C=O) groups excluding carboxylic acids is 1. The summed E-state index contributed by atoms with van der Waals surface area (Å²) in [5.41, 5.74) is 0. The molecule has 23 heavy (non-hydrogen) atoms. The lowest BCUT2D eigenvalue weighted by molar-refractivity contribution is -0.134. The summed E-state index contributed by atoms with van der Waals surface area (Å²) >= 11 is 3.40. The predicted molar refractivity (Wildman–Crippen MR) is 99.4 cm³/mol. The van der Waals surface area contributed by atoms with Gasteiger partial charge in [0.1, 0.15) is 5.75 Å². The number of hydrogen-bond donors (Lipinski definition) is 0. The number of rotatable bonds is 6. The van der Waals surface area contributed by atoms with Gasteiger partial charge in [-0.25, -0.2) is 0 Å². The van der Waals surface area contributed by atoms with E-state index in [1.807, 2.05) is 30.3 Å². The zero-order chi connectivity index (χ0) is 16.1. The summed E-state index contributed by atoms with van der Waals surface area (Å²) in [6.07, 6.45) is 3.49. The van der Waals surface area contributed by atoms with Crippen LogP contribution in [0.2, 0.25) is 0 Å². The van der Waals surface area contributed by atoms with E-state index in [9.17, 15) is 4.79 Å². The third-order valence-corrected chi connectivity index (χ3v) is 4.53. The van der Waals surface area contributed by atoms with Gasteiger partial charge in [-0.05, 0) is 46.5 Å². The molecule has 0 aliphatic rings. The fourth-order valence-corrected chi connectivity index (χ4v) is 3.16. The summed E-state index contributed by atoms with van der Waals surface area (Å²) in [6, 6.07) is 18.3. The van der Waals surface area contributed by atoms with Crippen molar-refractivity contribution in [2.75, 3.05) is 5.33 Å². The molecule has 3 aromatic rings. The van der Waals surface area contributed by atoms with E-state index < -0.39 is 0 Å². The second-order valence-electron chi connectivity index (χ2n) is 5.64. The van der Waals surface area contributed by atoms with Gasteiger partial charge in [-0.3, -0.25) is 4.79 Å². The molecule has 0 aliphatic carbocycles. The van der Waals surface area contributed by atoms with Crippen LogP contribution >= 0.6 is 15.9 Å². The molecule has 0 atom stereocenters. The zero-order valence-electron chi connectivity index (χ0n) is 12.9. The molecule has 2 nitrogen and oxygen atoms in total. The molecule has 0 spiro atoms. The second kappa shape index (κ2) is 7.60. The van der Waals surface area contributed by atoms with Gasteiger partial charge in [0.05, 0.1) is 0 Å². The van der Waals surface area contributed by atoms with Crippen molar-refractivity contribution in [3.05, 3.63) is 54.6 Å². The second-order valence-corrected chi connectivity index (χ2v) is 6.44. The molecule has 0 aliphatic heterocycles. The van der Waals surface area contributed by atoms with E-state index in [-0.39, 0.29) is 5.97 Å². The van der Waals surface area contributed by atoms with Crippen molar-refractivity contribution in [1.29, 1.82) is 0 Å². The van der Waals surface area contributed by atoms with Gasteiger partial charge in [0, 0.05) is 11.8 Å². The first-order chi connectivity index (χ1) is 11.3. The van der Waals surface area contributed by atoms with Crippen LogP contribution in [0.1, 0.15) is 25.7 Å². The van der Waals surface area contributed by atoms with E-state index in [2.05, 4.69) is 40.2 Å². The van der Waals surface area contributed by atoms with Crippen LogP contribution in [0.5, 0.6) is 5.75 Å². The number of esters is 1. The molecular formula is C20H19BrO2. The van der Waals surface area contributed by atoms with Crippen LogP contribution in [0.25, 0.3) is 21.5 Å². The van der Waals surface area contributed by atoms with Gasteiger partial charge in [0.2, 0.25) is 0 Å². The van der Waals surface area contributed by atoms with Gasteiger partial charge >= 0.3 is 5.97 Å². The highest BCUT2D eigenvalue weighted by molar-refractivity contribution is 9.09. The van der Waals surface area contributed by atoms with Gasteiger partial charge in [-0.2, -0.15) is 0 Å². The molecule has 0 N–H and O–H groups in total. The van der Waals surface area contributed by atoms with Crippen molar-refractivity contribution < 1.29 is 9.53 Å². The molecule has 3 aromatic carbocycles. The summed E-state index contributed by atoms with van der Waals surface area (Å²) in [5.74, 6) is 0.471. The Kier molecular flexibility index (Phi) is 5.29. The molecule has 0 fully saturated rings. The highest BCUT2D eigenvalue weighted by atomic mass is 79.9. The molecule has 3 rings (SSSR count). The summed E-state index contributed by atoms with van der Waals surface area (Å²) in [7, 11) is 0. The SMILES string of the molecule is O=C(CCCCCBr)Oc1ccc2ccc3ccccc3c2c1. The molecule has 0 heterocycles. The number of unbranched alkanes of at least 4 members (excludes halogenated alkanes) is 2. The first-order valence-corrected chi connectivity index (χ1v) is 9.08. The van der Waals surface area contributed by atoms with E-state index in [1.165, 1.54) is 10.8 Å². The van der Waals surface area contributed by atoms with E-state index >= 15 is 0 Å². The Morgan fingerprint density at radius 2 is 1.61 bits per heavy atom. The molecule has 0 aromatic heterocycles. The van der Waals surface area contributed by atoms with Crippen LogP contribution in [0, 0.1) is 0 Å². The minimum atomic E-state index is -0.154. The Morgan fingerprint density at radius 1 is 0.870 bits per heavy atom. The lowest BCUT2D eigenvalue weighted by Crippen LogP contribution is -2.07. The van der Waals surface area contributed by atoms with Crippen LogP contribution < -0.4 is 4.74 Å². The number of hydrogen-bond acceptors (Lipinski definition) is 2. The Bertz CT molecular complexity index is 826. The third kappa shape index (κ3) is 3.91. The number of alkyl halides is 1. The Balaban J connectivity index is 1.79. The standard InChI is InChI=1S/C20H19BrO2/c21-13-5-1-2-8-20(22)23-17-12-11-16-10-9-15-6-3-4-7-18(15)19(16)14-17/h3-4,6-7,9-12,14H,1-2,5,8,13H2. The average Bonchev–Trinajstić information content (AvgIpc) is 2.58. The highest BCUT2D eigenvalue weighted by Gasteiger charge is 2.07. The summed E-state index contributed by atoms with van der Waals surface area (Å²) in [5, 5.41) is 5.63. The summed E-state index contributed by atoms with van der Waals surface area (Å²) < 4.78 is 5.50.